The van der Waals surface area contributed by atoms with Crippen LogP contribution >= 0.6 is 0 Å². The van der Waals surface area contributed by atoms with Crippen molar-refractivity contribution in [3.63, 3.8) is 0 Å². The van der Waals surface area contributed by atoms with Gasteiger partial charge < -0.3 is 15.7 Å². The zero-order valence-corrected chi connectivity index (χ0v) is 12.1. The van der Waals surface area contributed by atoms with Crippen LogP contribution in [0.2, 0.25) is 0 Å². The molecule has 0 aliphatic rings. The van der Waals surface area contributed by atoms with Crippen molar-refractivity contribution in [1.29, 1.82) is 0 Å². The van der Waals surface area contributed by atoms with E-state index in [9.17, 15) is 13.8 Å². The molecular weight excluding hydrogens is 256 g/mol. The summed E-state index contributed by atoms with van der Waals surface area (Å²) in [5, 5.41) is 13.8. The van der Waals surface area contributed by atoms with Gasteiger partial charge >= 0.3 is 12.0 Å². The van der Waals surface area contributed by atoms with Gasteiger partial charge in [-0.15, -0.1) is 0 Å². The molecule has 0 aromatic rings. The highest BCUT2D eigenvalue weighted by Crippen LogP contribution is 2.10. The lowest BCUT2D eigenvalue weighted by Gasteiger charge is -2.26. The maximum atomic E-state index is 11.6. The van der Waals surface area contributed by atoms with Gasteiger partial charge in [-0.05, 0) is 27.2 Å². The first-order valence-electron chi connectivity index (χ1n) is 5.74. The molecular formula is C11H22N2O4S. The molecule has 0 aliphatic carbocycles. The standard InChI is InChI=1S/C11H22N2O4S/c1-8(18(4)17)7-12-10(16)13-11(2,3)6-5-9(14)15/h8H,5-7H2,1-4H3,(H,14,15)(H2,12,13,16). The second-order valence-corrected chi connectivity index (χ2v) is 6.72. The highest BCUT2D eigenvalue weighted by atomic mass is 32.2. The molecule has 3 N–H and O–H groups in total. The molecule has 7 heteroatoms. The molecule has 6 nitrogen and oxygen atoms in total. The first-order chi connectivity index (χ1) is 8.14. The van der Waals surface area contributed by atoms with Gasteiger partial charge in [-0.2, -0.15) is 0 Å². The second kappa shape index (κ2) is 7.35. The Labute approximate surface area is 110 Å². The summed E-state index contributed by atoms with van der Waals surface area (Å²) in [4.78, 5) is 22.0. The quantitative estimate of drug-likeness (QED) is 0.638. The summed E-state index contributed by atoms with van der Waals surface area (Å²) in [5.41, 5.74) is -0.586. The predicted octanol–water partition coefficient (Wildman–Crippen LogP) is 0.696. The zero-order chi connectivity index (χ0) is 14.3. The van der Waals surface area contributed by atoms with Crippen molar-refractivity contribution < 1.29 is 18.9 Å². The van der Waals surface area contributed by atoms with Crippen molar-refractivity contribution in [3.05, 3.63) is 0 Å². The van der Waals surface area contributed by atoms with Crippen molar-refractivity contribution in [2.24, 2.45) is 0 Å². The number of carbonyl (C=O) groups is 2. The molecule has 0 rings (SSSR count). The molecule has 0 bridgehead atoms. The number of nitrogens with one attached hydrogen (secondary N) is 2. The van der Waals surface area contributed by atoms with Gasteiger partial charge in [0, 0.05) is 40.8 Å². The largest absolute Gasteiger partial charge is 0.481 e. The van der Waals surface area contributed by atoms with Gasteiger partial charge in [0.15, 0.2) is 0 Å². The lowest BCUT2D eigenvalue weighted by atomic mass is 9.99. The van der Waals surface area contributed by atoms with Gasteiger partial charge in [-0.25, -0.2) is 4.79 Å². The molecule has 0 heterocycles. The summed E-state index contributed by atoms with van der Waals surface area (Å²) >= 11 is 0. The van der Waals surface area contributed by atoms with Gasteiger partial charge in [0.05, 0.1) is 0 Å². The third-order valence-corrected chi connectivity index (χ3v) is 3.83. The summed E-state index contributed by atoms with van der Waals surface area (Å²) in [6, 6.07) is -0.373. The number of aliphatic carboxylic acids is 1. The van der Waals surface area contributed by atoms with Crippen molar-refractivity contribution >= 4 is 22.8 Å². The molecule has 0 spiro atoms. The van der Waals surface area contributed by atoms with E-state index in [0.29, 0.717) is 13.0 Å². The highest BCUT2D eigenvalue weighted by molar-refractivity contribution is 7.84. The fraction of sp³-hybridized carbons (Fsp3) is 0.818. The van der Waals surface area contributed by atoms with E-state index in [2.05, 4.69) is 10.6 Å². The average Bonchev–Trinajstić information content (AvgIpc) is 2.22. The predicted molar refractivity (Wildman–Crippen MR) is 71.0 cm³/mol. The molecule has 0 aromatic heterocycles. The van der Waals surface area contributed by atoms with Crippen LogP contribution in [-0.4, -0.2) is 44.9 Å². The van der Waals surface area contributed by atoms with E-state index in [1.165, 1.54) is 0 Å². The van der Waals surface area contributed by atoms with Crippen LogP contribution in [0, 0.1) is 0 Å². The Morgan fingerprint density at radius 2 is 1.94 bits per heavy atom. The van der Waals surface area contributed by atoms with Gasteiger partial charge in [0.1, 0.15) is 0 Å². The van der Waals surface area contributed by atoms with Gasteiger partial charge in [-0.3, -0.25) is 9.00 Å². The van der Waals surface area contributed by atoms with E-state index in [1.807, 2.05) is 0 Å². The fourth-order valence-electron chi connectivity index (χ4n) is 1.19. The number of carboxylic acids is 1. The normalized spacial score (nSPS) is 14.7. The number of carbonyl (C=O) groups excluding carboxylic acids is 1. The van der Waals surface area contributed by atoms with Crippen LogP contribution in [0.15, 0.2) is 0 Å². The Kier molecular flexibility index (Phi) is 6.90. The van der Waals surface area contributed by atoms with E-state index in [1.54, 1.807) is 27.0 Å². The Morgan fingerprint density at radius 1 is 1.39 bits per heavy atom. The van der Waals surface area contributed by atoms with Crippen LogP contribution in [-0.2, 0) is 15.6 Å². The van der Waals surface area contributed by atoms with E-state index in [-0.39, 0.29) is 17.7 Å². The number of amides is 2. The van der Waals surface area contributed by atoms with Crippen molar-refractivity contribution in [2.75, 3.05) is 12.8 Å². The number of hydrogen-bond donors (Lipinski definition) is 3. The van der Waals surface area contributed by atoms with E-state index in [4.69, 9.17) is 5.11 Å². The molecule has 2 unspecified atom stereocenters. The van der Waals surface area contributed by atoms with Crippen LogP contribution in [0.1, 0.15) is 33.6 Å². The van der Waals surface area contributed by atoms with Crippen LogP contribution in [0.25, 0.3) is 0 Å². The van der Waals surface area contributed by atoms with Crippen LogP contribution in [0.4, 0.5) is 4.79 Å². The third kappa shape index (κ3) is 8.05. The van der Waals surface area contributed by atoms with Crippen molar-refractivity contribution in [1.82, 2.24) is 10.6 Å². The summed E-state index contributed by atoms with van der Waals surface area (Å²) < 4.78 is 11.1. The topological polar surface area (TPSA) is 95.5 Å². The van der Waals surface area contributed by atoms with Gasteiger partial charge in [-0.1, -0.05) is 0 Å². The molecule has 106 valence electrons. The summed E-state index contributed by atoms with van der Waals surface area (Å²) in [7, 11) is -0.980. The molecule has 0 radical (unpaired) electrons. The number of hydrogen-bond acceptors (Lipinski definition) is 3. The molecule has 0 fully saturated rings. The first-order valence-corrected chi connectivity index (χ1v) is 7.36. The second-order valence-electron chi connectivity index (χ2n) is 4.92. The first kappa shape index (κ1) is 16.9. The number of carboxylic acid groups (broad SMARTS) is 1. The van der Waals surface area contributed by atoms with Crippen LogP contribution in [0.5, 0.6) is 0 Å². The minimum Gasteiger partial charge on any atom is -0.481 e. The molecule has 2 atom stereocenters. The minimum atomic E-state index is -0.980. The summed E-state index contributed by atoms with van der Waals surface area (Å²) in [6.07, 6.45) is 1.94. The number of rotatable bonds is 7. The van der Waals surface area contributed by atoms with E-state index in [0.717, 1.165) is 0 Å². The summed E-state index contributed by atoms with van der Waals surface area (Å²) in [6.45, 7) is 5.63. The fourth-order valence-corrected chi connectivity index (χ4v) is 1.51. The number of urea groups is 1. The molecule has 2 amide bonds. The van der Waals surface area contributed by atoms with Crippen molar-refractivity contribution in [3.8, 4) is 0 Å². The average molecular weight is 278 g/mol. The summed E-state index contributed by atoms with van der Waals surface area (Å²) in [5.74, 6) is -0.889. The van der Waals surface area contributed by atoms with Crippen LogP contribution < -0.4 is 10.6 Å². The minimum absolute atomic E-state index is 0.00264. The van der Waals surface area contributed by atoms with Crippen LogP contribution in [0.3, 0.4) is 0 Å². The van der Waals surface area contributed by atoms with E-state index < -0.39 is 22.3 Å². The lowest BCUT2D eigenvalue weighted by Crippen LogP contribution is -2.50. The van der Waals surface area contributed by atoms with Gasteiger partial charge in [0.25, 0.3) is 0 Å². The van der Waals surface area contributed by atoms with Gasteiger partial charge in [0.2, 0.25) is 0 Å². The Morgan fingerprint density at radius 3 is 2.39 bits per heavy atom. The third-order valence-electron chi connectivity index (χ3n) is 2.53. The monoisotopic (exact) mass is 278 g/mol. The molecule has 18 heavy (non-hydrogen) atoms. The maximum absolute atomic E-state index is 11.6. The molecule has 0 aromatic carbocycles. The maximum Gasteiger partial charge on any atom is 0.315 e. The Bertz CT molecular complexity index is 331. The Balaban J connectivity index is 4.06. The zero-order valence-electron chi connectivity index (χ0n) is 11.3. The smallest absolute Gasteiger partial charge is 0.315 e. The molecule has 0 saturated heterocycles. The SMILES string of the molecule is CC(CNC(=O)NC(C)(C)CCC(=O)O)S(C)=O. The molecule has 0 aliphatic heterocycles. The van der Waals surface area contributed by atoms with Crippen molar-refractivity contribution in [2.45, 2.75) is 44.4 Å². The Hall–Kier alpha value is -1.11. The molecule has 0 saturated carbocycles. The highest BCUT2D eigenvalue weighted by Gasteiger charge is 2.21. The lowest BCUT2D eigenvalue weighted by molar-refractivity contribution is -0.137. The van der Waals surface area contributed by atoms with E-state index >= 15 is 0 Å².